The van der Waals surface area contributed by atoms with Gasteiger partial charge in [-0.3, -0.25) is 0 Å². The second-order valence-electron chi connectivity index (χ2n) is 3.52. The summed E-state index contributed by atoms with van der Waals surface area (Å²) >= 11 is 0. The molecule has 0 unspecified atom stereocenters. The number of fused-ring (bicyclic) bond motifs is 1. The highest BCUT2D eigenvalue weighted by molar-refractivity contribution is 5.34. The lowest BCUT2D eigenvalue weighted by Crippen LogP contribution is -2.05. The number of hydrogen-bond donors (Lipinski definition) is 1. The van der Waals surface area contributed by atoms with E-state index in [0.717, 1.165) is 12.0 Å². The smallest absolute Gasteiger partial charge is 0.0833 e. The van der Waals surface area contributed by atoms with Crippen LogP contribution in [0.15, 0.2) is 24.3 Å². The lowest BCUT2D eigenvalue weighted by molar-refractivity contribution is 0.126. The SMILES string of the molecule is C#CC[C@H]1Cc2ccccc2[C@@H]1O. The van der Waals surface area contributed by atoms with Crippen LogP contribution in [0.1, 0.15) is 23.7 Å². The van der Waals surface area contributed by atoms with E-state index >= 15 is 0 Å². The van der Waals surface area contributed by atoms with Crippen molar-refractivity contribution in [3.63, 3.8) is 0 Å². The Kier molecular flexibility index (Phi) is 2.08. The topological polar surface area (TPSA) is 20.2 Å². The summed E-state index contributed by atoms with van der Waals surface area (Å²) in [5.41, 5.74) is 2.30. The maximum atomic E-state index is 9.88. The molecule has 0 bridgehead atoms. The fraction of sp³-hybridized carbons (Fsp3) is 0.333. The van der Waals surface area contributed by atoms with Crippen LogP contribution >= 0.6 is 0 Å². The van der Waals surface area contributed by atoms with E-state index in [1.54, 1.807) is 0 Å². The summed E-state index contributed by atoms with van der Waals surface area (Å²) in [7, 11) is 0. The average Bonchev–Trinajstić information content (AvgIpc) is 2.46. The van der Waals surface area contributed by atoms with Gasteiger partial charge in [0.25, 0.3) is 0 Å². The van der Waals surface area contributed by atoms with Crippen LogP contribution < -0.4 is 0 Å². The summed E-state index contributed by atoms with van der Waals surface area (Å²) in [6, 6.07) is 8.01. The van der Waals surface area contributed by atoms with E-state index in [4.69, 9.17) is 6.42 Å². The number of aliphatic hydroxyl groups excluding tert-OH is 1. The Balaban J connectivity index is 2.28. The van der Waals surface area contributed by atoms with Crippen molar-refractivity contribution in [3.8, 4) is 12.3 Å². The van der Waals surface area contributed by atoms with Crippen molar-refractivity contribution in [3.05, 3.63) is 35.4 Å². The number of benzene rings is 1. The van der Waals surface area contributed by atoms with E-state index in [2.05, 4.69) is 12.0 Å². The number of hydrogen-bond acceptors (Lipinski definition) is 1. The maximum absolute atomic E-state index is 9.88. The molecule has 1 aromatic carbocycles. The van der Waals surface area contributed by atoms with Gasteiger partial charge in [-0.05, 0) is 17.5 Å². The Morgan fingerprint density at radius 3 is 2.92 bits per heavy atom. The van der Waals surface area contributed by atoms with Gasteiger partial charge >= 0.3 is 0 Å². The fourth-order valence-corrected chi connectivity index (χ4v) is 1.99. The predicted octanol–water partition coefficient (Wildman–Crippen LogP) is 1.92. The Bertz CT molecular complexity index is 348. The van der Waals surface area contributed by atoms with Crippen LogP contribution in [-0.2, 0) is 6.42 Å². The highest BCUT2D eigenvalue weighted by Gasteiger charge is 2.29. The first-order valence-electron chi connectivity index (χ1n) is 4.52. The molecule has 1 aliphatic carbocycles. The van der Waals surface area contributed by atoms with Crippen LogP contribution in [0.2, 0.25) is 0 Å². The molecule has 2 atom stereocenters. The molecular formula is C12H12O. The maximum Gasteiger partial charge on any atom is 0.0833 e. The number of rotatable bonds is 1. The van der Waals surface area contributed by atoms with Crippen molar-refractivity contribution in [2.45, 2.75) is 18.9 Å². The molecule has 0 fully saturated rings. The molecule has 2 rings (SSSR count). The molecule has 0 radical (unpaired) electrons. The fourth-order valence-electron chi connectivity index (χ4n) is 1.99. The van der Waals surface area contributed by atoms with Crippen LogP contribution in [-0.4, -0.2) is 5.11 Å². The molecule has 0 aliphatic heterocycles. The van der Waals surface area contributed by atoms with E-state index < -0.39 is 0 Å². The third-order valence-corrected chi connectivity index (χ3v) is 2.68. The van der Waals surface area contributed by atoms with Gasteiger partial charge in [-0.15, -0.1) is 12.3 Å². The molecule has 1 aromatic rings. The van der Waals surface area contributed by atoms with Crippen LogP contribution in [0.5, 0.6) is 0 Å². The first kappa shape index (κ1) is 8.34. The van der Waals surface area contributed by atoms with Gasteiger partial charge in [0.15, 0.2) is 0 Å². The van der Waals surface area contributed by atoms with Crippen molar-refractivity contribution in [1.82, 2.24) is 0 Å². The first-order chi connectivity index (χ1) is 6.33. The third kappa shape index (κ3) is 1.34. The molecule has 0 saturated heterocycles. The van der Waals surface area contributed by atoms with Gasteiger partial charge < -0.3 is 5.11 Å². The molecule has 1 nitrogen and oxygen atoms in total. The molecule has 0 amide bonds. The Hall–Kier alpha value is -1.26. The monoisotopic (exact) mass is 172 g/mol. The quantitative estimate of drug-likeness (QED) is 0.642. The van der Waals surface area contributed by atoms with Crippen molar-refractivity contribution in [2.24, 2.45) is 5.92 Å². The van der Waals surface area contributed by atoms with E-state index in [9.17, 15) is 5.11 Å². The molecule has 1 aliphatic rings. The molecule has 1 N–H and O–H groups in total. The average molecular weight is 172 g/mol. The minimum Gasteiger partial charge on any atom is -0.388 e. The van der Waals surface area contributed by atoms with Crippen molar-refractivity contribution >= 4 is 0 Å². The van der Waals surface area contributed by atoms with Gasteiger partial charge in [-0.2, -0.15) is 0 Å². The zero-order valence-corrected chi connectivity index (χ0v) is 7.40. The van der Waals surface area contributed by atoms with Crippen LogP contribution in [0.25, 0.3) is 0 Å². The molecule has 66 valence electrons. The second-order valence-corrected chi connectivity index (χ2v) is 3.52. The van der Waals surface area contributed by atoms with E-state index in [0.29, 0.717) is 6.42 Å². The minimum absolute atomic E-state index is 0.224. The van der Waals surface area contributed by atoms with Crippen molar-refractivity contribution in [1.29, 1.82) is 0 Å². The Labute approximate surface area is 78.4 Å². The summed E-state index contributed by atoms with van der Waals surface area (Å²) in [5, 5.41) is 9.88. The number of aliphatic hydroxyl groups is 1. The van der Waals surface area contributed by atoms with Gasteiger partial charge in [0.1, 0.15) is 0 Å². The summed E-state index contributed by atoms with van der Waals surface area (Å²) < 4.78 is 0. The summed E-state index contributed by atoms with van der Waals surface area (Å²) in [5.74, 6) is 2.84. The van der Waals surface area contributed by atoms with E-state index in [1.165, 1.54) is 5.56 Å². The lowest BCUT2D eigenvalue weighted by atomic mass is 10.0. The zero-order valence-electron chi connectivity index (χ0n) is 7.40. The predicted molar refractivity (Wildman–Crippen MR) is 52.0 cm³/mol. The zero-order chi connectivity index (χ0) is 9.26. The summed E-state index contributed by atoms with van der Waals surface area (Å²) in [4.78, 5) is 0. The second kappa shape index (κ2) is 3.24. The molecule has 0 aromatic heterocycles. The van der Waals surface area contributed by atoms with E-state index in [1.807, 2.05) is 18.2 Å². The largest absolute Gasteiger partial charge is 0.388 e. The van der Waals surface area contributed by atoms with Crippen molar-refractivity contribution in [2.75, 3.05) is 0 Å². The standard InChI is InChI=1S/C12H12O/c1-2-5-10-8-9-6-3-4-7-11(9)12(10)13/h1,3-4,6-7,10,12-13H,5,8H2/t10-,12+/m0/s1. The van der Waals surface area contributed by atoms with Gasteiger partial charge in [0.2, 0.25) is 0 Å². The highest BCUT2D eigenvalue weighted by Crippen LogP contribution is 2.37. The van der Waals surface area contributed by atoms with Crippen LogP contribution in [0, 0.1) is 18.3 Å². The molecular weight excluding hydrogens is 160 g/mol. The normalized spacial score (nSPS) is 25.2. The van der Waals surface area contributed by atoms with Gasteiger partial charge in [-0.1, -0.05) is 24.3 Å². The Morgan fingerprint density at radius 2 is 2.23 bits per heavy atom. The lowest BCUT2D eigenvalue weighted by Gasteiger charge is -2.10. The Morgan fingerprint density at radius 1 is 1.46 bits per heavy atom. The molecule has 0 heterocycles. The van der Waals surface area contributed by atoms with Crippen LogP contribution in [0.3, 0.4) is 0 Å². The van der Waals surface area contributed by atoms with Crippen molar-refractivity contribution < 1.29 is 5.11 Å². The molecule has 0 spiro atoms. The minimum atomic E-state index is -0.354. The molecule has 0 saturated carbocycles. The van der Waals surface area contributed by atoms with Gasteiger partial charge in [0.05, 0.1) is 6.10 Å². The molecule has 13 heavy (non-hydrogen) atoms. The van der Waals surface area contributed by atoms with Gasteiger partial charge in [-0.25, -0.2) is 0 Å². The van der Waals surface area contributed by atoms with Gasteiger partial charge in [0, 0.05) is 12.3 Å². The first-order valence-corrected chi connectivity index (χ1v) is 4.52. The summed E-state index contributed by atoms with van der Waals surface area (Å²) in [6.45, 7) is 0. The highest BCUT2D eigenvalue weighted by atomic mass is 16.3. The summed E-state index contributed by atoms with van der Waals surface area (Å²) in [6.07, 6.45) is 6.47. The van der Waals surface area contributed by atoms with Crippen LogP contribution in [0.4, 0.5) is 0 Å². The third-order valence-electron chi connectivity index (χ3n) is 2.68. The van der Waals surface area contributed by atoms with E-state index in [-0.39, 0.29) is 12.0 Å². The molecule has 1 heteroatoms. The number of terminal acetylenes is 1.